The number of benzene rings is 1. The first-order valence-electron chi connectivity index (χ1n) is 8.36. The molecule has 0 aliphatic carbocycles. The molecule has 1 atom stereocenters. The van der Waals surface area contributed by atoms with Crippen LogP contribution < -0.4 is 5.32 Å². The van der Waals surface area contributed by atoms with Crippen molar-refractivity contribution in [1.82, 2.24) is 10.3 Å². The molecule has 114 valence electrons. The molecule has 0 saturated heterocycles. The predicted molar refractivity (Wildman–Crippen MR) is 91.5 cm³/mol. The lowest BCUT2D eigenvalue weighted by Crippen LogP contribution is -2.16. The smallest absolute Gasteiger partial charge is 0.0346 e. The Balaban J connectivity index is 1.96. The Kier molecular flexibility index (Phi) is 6.68. The Bertz CT molecular complexity index is 531. The van der Waals surface area contributed by atoms with E-state index in [0.717, 1.165) is 0 Å². The molecule has 0 spiro atoms. The maximum Gasteiger partial charge on any atom is 0.0346 e. The summed E-state index contributed by atoms with van der Waals surface area (Å²) in [5.41, 5.74) is 1.41. The summed E-state index contributed by atoms with van der Waals surface area (Å²) in [7, 11) is 2.07. The van der Waals surface area contributed by atoms with E-state index in [2.05, 4.69) is 48.5 Å². The largest absolute Gasteiger partial charge is 0.313 e. The third-order valence-electron chi connectivity index (χ3n) is 4.28. The number of hydrogen-bond donors (Lipinski definition) is 1. The van der Waals surface area contributed by atoms with E-state index in [1.54, 1.807) is 0 Å². The lowest BCUT2D eigenvalue weighted by atomic mass is 9.95. The molecule has 1 N–H and O–H groups in total. The Hall–Kier alpha value is -1.41. The molecule has 2 aromatic rings. The number of unbranched alkanes of at least 4 members (excludes halogenated alkanes) is 5. The lowest BCUT2D eigenvalue weighted by molar-refractivity contribution is 0.500. The summed E-state index contributed by atoms with van der Waals surface area (Å²) in [5.74, 6) is 0. The molecule has 0 bridgehead atoms. The quantitative estimate of drug-likeness (QED) is 0.636. The van der Waals surface area contributed by atoms with Gasteiger partial charge >= 0.3 is 0 Å². The van der Waals surface area contributed by atoms with Crippen LogP contribution in [0.4, 0.5) is 0 Å². The normalized spacial score (nSPS) is 12.7. The van der Waals surface area contributed by atoms with E-state index in [1.807, 2.05) is 12.4 Å². The van der Waals surface area contributed by atoms with Crippen LogP contribution in [0.25, 0.3) is 10.8 Å². The van der Waals surface area contributed by atoms with Crippen LogP contribution in [-0.4, -0.2) is 12.0 Å². The zero-order valence-corrected chi connectivity index (χ0v) is 13.4. The van der Waals surface area contributed by atoms with Gasteiger partial charge < -0.3 is 5.32 Å². The molecule has 2 rings (SSSR count). The van der Waals surface area contributed by atoms with E-state index in [9.17, 15) is 0 Å². The highest BCUT2D eigenvalue weighted by atomic mass is 14.9. The standard InChI is InChI=1S/C19H28N2/c1-3-4-5-6-7-8-12-19(20-2)18-11-9-10-16-15-21-14-13-17(16)18/h9-11,13-15,19-20H,3-8,12H2,1-2H3. The van der Waals surface area contributed by atoms with Gasteiger partial charge in [0.25, 0.3) is 0 Å². The fourth-order valence-corrected chi connectivity index (χ4v) is 3.04. The monoisotopic (exact) mass is 284 g/mol. The van der Waals surface area contributed by atoms with Crippen LogP contribution in [0.2, 0.25) is 0 Å². The average molecular weight is 284 g/mol. The van der Waals surface area contributed by atoms with Gasteiger partial charge in [0.15, 0.2) is 0 Å². The Morgan fingerprint density at radius 3 is 2.67 bits per heavy atom. The van der Waals surface area contributed by atoms with Gasteiger partial charge in [-0.15, -0.1) is 0 Å². The van der Waals surface area contributed by atoms with E-state index in [0.29, 0.717) is 6.04 Å². The van der Waals surface area contributed by atoms with Crippen molar-refractivity contribution < 1.29 is 0 Å². The maximum atomic E-state index is 4.22. The minimum atomic E-state index is 0.447. The molecule has 0 saturated carbocycles. The van der Waals surface area contributed by atoms with Gasteiger partial charge in [-0.25, -0.2) is 0 Å². The van der Waals surface area contributed by atoms with Gasteiger partial charge in [0.2, 0.25) is 0 Å². The van der Waals surface area contributed by atoms with Gasteiger partial charge in [0.1, 0.15) is 0 Å². The van der Waals surface area contributed by atoms with E-state index in [1.165, 1.54) is 61.3 Å². The molecule has 2 nitrogen and oxygen atoms in total. The number of aromatic nitrogens is 1. The van der Waals surface area contributed by atoms with Gasteiger partial charge in [-0.1, -0.05) is 63.6 Å². The van der Waals surface area contributed by atoms with Crippen LogP contribution in [0, 0.1) is 0 Å². The molecule has 1 unspecified atom stereocenters. The SMILES string of the molecule is CCCCCCCCC(NC)c1cccc2cnccc12. The second-order valence-corrected chi connectivity index (χ2v) is 5.84. The number of fused-ring (bicyclic) bond motifs is 1. The highest BCUT2D eigenvalue weighted by molar-refractivity contribution is 5.85. The third kappa shape index (κ3) is 4.53. The Morgan fingerprint density at radius 1 is 1.05 bits per heavy atom. The number of hydrogen-bond acceptors (Lipinski definition) is 2. The molecular formula is C19H28N2. The van der Waals surface area contributed by atoms with Crippen LogP contribution >= 0.6 is 0 Å². The summed E-state index contributed by atoms with van der Waals surface area (Å²) >= 11 is 0. The third-order valence-corrected chi connectivity index (χ3v) is 4.28. The fraction of sp³-hybridized carbons (Fsp3) is 0.526. The van der Waals surface area contributed by atoms with Crippen molar-refractivity contribution in [3.63, 3.8) is 0 Å². The minimum Gasteiger partial charge on any atom is -0.313 e. The summed E-state index contributed by atoms with van der Waals surface area (Å²) in [5, 5.41) is 6.06. The summed E-state index contributed by atoms with van der Waals surface area (Å²) in [6, 6.07) is 9.12. The zero-order valence-electron chi connectivity index (χ0n) is 13.4. The van der Waals surface area contributed by atoms with Gasteiger partial charge in [0, 0.05) is 23.8 Å². The van der Waals surface area contributed by atoms with Crippen molar-refractivity contribution in [1.29, 1.82) is 0 Å². The van der Waals surface area contributed by atoms with Gasteiger partial charge in [-0.05, 0) is 30.5 Å². The van der Waals surface area contributed by atoms with E-state index in [-0.39, 0.29) is 0 Å². The van der Waals surface area contributed by atoms with Crippen LogP contribution in [0.5, 0.6) is 0 Å². The van der Waals surface area contributed by atoms with Crippen LogP contribution in [0.15, 0.2) is 36.7 Å². The zero-order chi connectivity index (χ0) is 14.9. The highest BCUT2D eigenvalue weighted by Crippen LogP contribution is 2.27. The minimum absolute atomic E-state index is 0.447. The van der Waals surface area contributed by atoms with Crippen molar-refractivity contribution in [2.45, 2.75) is 57.9 Å². The second kappa shape index (κ2) is 8.78. The lowest BCUT2D eigenvalue weighted by Gasteiger charge is -2.18. The van der Waals surface area contributed by atoms with Crippen molar-refractivity contribution >= 4 is 10.8 Å². The van der Waals surface area contributed by atoms with E-state index < -0.39 is 0 Å². The maximum absolute atomic E-state index is 4.22. The van der Waals surface area contributed by atoms with Gasteiger partial charge in [-0.2, -0.15) is 0 Å². The molecule has 1 heterocycles. The van der Waals surface area contributed by atoms with Crippen molar-refractivity contribution in [3.05, 3.63) is 42.2 Å². The topological polar surface area (TPSA) is 24.9 Å². The Labute approximate surface area is 129 Å². The molecule has 0 radical (unpaired) electrons. The fourth-order valence-electron chi connectivity index (χ4n) is 3.04. The van der Waals surface area contributed by atoms with Gasteiger partial charge in [-0.3, -0.25) is 4.98 Å². The number of rotatable bonds is 9. The first-order valence-corrected chi connectivity index (χ1v) is 8.36. The van der Waals surface area contributed by atoms with E-state index in [4.69, 9.17) is 0 Å². The van der Waals surface area contributed by atoms with Gasteiger partial charge in [0.05, 0.1) is 0 Å². The highest BCUT2D eigenvalue weighted by Gasteiger charge is 2.11. The molecule has 1 aromatic heterocycles. The molecule has 0 aliphatic rings. The molecule has 0 amide bonds. The number of pyridine rings is 1. The molecular weight excluding hydrogens is 256 g/mol. The summed E-state index contributed by atoms with van der Waals surface area (Å²) in [6.07, 6.45) is 13.2. The van der Waals surface area contributed by atoms with E-state index >= 15 is 0 Å². The number of nitrogens with zero attached hydrogens (tertiary/aromatic N) is 1. The average Bonchev–Trinajstić information content (AvgIpc) is 2.54. The van der Waals surface area contributed by atoms with Crippen molar-refractivity contribution in [3.8, 4) is 0 Å². The summed E-state index contributed by atoms with van der Waals surface area (Å²) in [4.78, 5) is 4.22. The van der Waals surface area contributed by atoms with Crippen molar-refractivity contribution in [2.75, 3.05) is 7.05 Å². The number of nitrogens with one attached hydrogen (secondary N) is 1. The van der Waals surface area contributed by atoms with Crippen LogP contribution in [0.1, 0.15) is 63.5 Å². The summed E-state index contributed by atoms with van der Waals surface area (Å²) < 4.78 is 0. The molecule has 2 heteroatoms. The summed E-state index contributed by atoms with van der Waals surface area (Å²) in [6.45, 7) is 2.27. The predicted octanol–water partition coefficient (Wildman–Crippen LogP) is 5.25. The molecule has 0 fully saturated rings. The molecule has 21 heavy (non-hydrogen) atoms. The second-order valence-electron chi connectivity index (χ2n) is 5.84. The Morgan fingerprint density at radius 2 is 1.86 bits per heavy atom. The molecule has 0 aliphatic heterocycles. The van der Waals surface area contributed by atoms with Crippen LogP contribution in [0.3, 0.4) is 0 Å². The van der Waals surface area contributed by atoms with Crippen LogP contribution in [-0.2, 0) is 0 Å². The molecule has 1 aromatic carbocycles. The first-order chi connectivity index (χ1) is 10.4. The first kappa shape index (κ1) is 16.0. The van der Waals surface area contributed by atoms with Crippen molar-refractivity contribution in [2.24, 2.45) is 0 Å².